The number of rotatable bonds is 4. The van der Waals surface area contributed by atoms with E-state index in [1.165, 1.54) is 13.5 Å². The van der Waals surface area contributed by atoms with Crippen LogP contribution in [0.15, 0.2) is 12.1 Å². The third-order valence-electron chi connectivity index (χ3n) is 3.86. The second-order valence-electron chi connectivity index (χ2n) is 5.18. The first-order valence-electron chi connectivity index (χ1n) is 6.94. The zero-order valence-corrected chi connectivity index (χ0v) is 11.7. The highest BCUT2D eigenvalue weighted by Gasteiger charge is 2.31. The Morgan fingerprint density at radius 2 is 1.95 bits per heavy atom. The number of phenolic OH excluding ortho intramolecular Hbond substituents is 1. The molecule has 1 aromatic carbocycles. The Morgan fingerprint density at radius 1 is 1.26 bits per heavy atom. The molecular weight excluding hydrogens is 242 g/mol. The molecule has 1 saturated carbocycles. The number of aromatic hydroxyl groups is 1. The molecular formula is C15H23NO3. The molecule has 0 unspecified atom stereocenters. The molecule has 0 bridgehead atoms. The first-order chi connectivity index (χ1) is 9.10. The Bertz CT molecular complexity index is 439. The predicted molar refractivity (Wildman–Crippen MR) is 74.8 cm³/mol. The van der Waals surface area contributed by atoms with Crippen LogP contribution in [0, 0.1) is 0 Å². The fraction of sp³-hybridized carbons (Fsp3) is 0.600. The Labute approximate surface area is 114 Å². The quantitative estimate of drug-likeness (QED) is 0.878. The van der Waals surface area contributed by atoms with Crippen LogP contribution in [0.1, 0.15) is 44.6 Å². The topological polar surface area (TPSA) is 64.7 Å². The van der Waals surface area contributed by atoms with E-state index < -0.39 is 0 Å². The van der Waals surface area contributed by atoms with Crippen LogP contribution in [0.4, 0.5) is 0 Å². The minimum absolute atomic E-state index is 0.0962. The molecule has 3 N–H and O–H groups in total. The highest BCUT2D eigenvalue weighted by atomic mass is 16.5. The Morgan fingerprint density at radius 3 is 2.53 bits per heavy atom. The van der Waals surface area contributed by atoms with Gasteiger partial charge in [-0.2, -0.15) is 0 Å². The molecule has 0 saturated heterocycles. The molecule has 1 aliphatic carbocycles. The maximum atomic E-state index is 10.1. The average Bonchev–Trinajstić information content (AvgIpc) is 2.39. The minimum atomic E-state index is -0.353. The van der Waals surface area contributed by atoms with Crippen molar-refractivity contribution in [2.75, 3.05) is 13.7 Å². The number of phenols is 1. The third kappa shape index (κ3) is 2.78. The summed E-state index contributed by atoms with van der Waals surface area (Å²) < 4.78 is 10.7. The van der Waals surface area contributed by atoms with E-state index in [2.05, 4.69) is 0 Å². The lowest BCUT2D eigenvalue weighted by Crippen LogP contribution is -2.38. The Balaban J connectivity index is 2.40. The van der Waals surface area contributed by atoms with Crippen LogP contribution in [-0.2, 0) is 5.54 Å². The molecule has 1 aliphatic rings. The number of methoxy groups -OCH3 is 1. The van der Waals surface area contributed by atoms with Crippen LogP contribution in [0.3, 0.4) is 0 Å². The molecule has 106 valence electrons. The molecule has 19 heavy (non-hydrogen) atoms. The van der Waals surface area contributed by atoms with E-state index in [0.717, 1.165) is 31.2 Å². The Hall–Kier alpha value is -1.42. The fourth-order valence-electron chi connectivity index (χ4n) is 2.81. The lowest BCUT2D eigenvalue weighted by molar-refractivity contribution is 0.285. The van der Waals surface area contributed by atoms with E-state index in [1.54, 1.807) is 6.07 Å². The number of hydrogen-bond acceptors (Lipinski definition) is 4. The SMILES string of the molecule is CCOc1cc(C2(N)CCCCC2)cc(O)c1OC. The summed E-state index contributed by atoms with van der Waals surface area (Å²) in [5.41, 5.74) is 7.08. The van der Waals surface area contributed by atoms with Gasteiger partial charge in [-0.25, -0.2) is 0 Å². The Kier molecular flexibility index (Phi) is 4.20. The van der Waals surface area contributed by atoms with Crippen LogP contribution in [0.2, 0.25) is 0 Å². The van der Waals surface area contributed by atoms with Crippen LogP contribution >= 0.6 is 0 Å². The number of ether oxygens (including phenoxy) is 2. The molecule has 0 amide bonds. The molecule has 0 aromatic heterocycles. The molecule has 0 spiro atoms. The van der Waals surface area contributed by atoms with E-state index in [4.69, 9.17) is 15.2 Å². The van der Waals surface area contributed by atoms with E-state index in [1.807, 2.05) is 13.0 Å². The number of nitrogens with two attached hydrogens (primary N) is 1. The second-order valence-corrected chi connectivity index (χ2v) is 5.18. The van der Waals surface area contributed by atoms with Crippen molar-refractivity contribution in [3.8, 4) is 17.2 Å². The van der Waals surface area contributed by atoms with Gasteiger partial charge in [-0.05, 0) is 37.5 Å². The van der Waals surface area contributed by atoms with Gasteiger partial charge < -0.3 is 20.3 Å². The van der Waals surface area contributed by atoms with E-state index in [-0.39, 0.29) is 11.3 Å². The molecule has 0 radical (unpaired) electrons. The highest BCUT2D eigenvalue weighted by molar-refractivity contribution is 5.54. The summed E-state index contributed by atoms with van der Waals surface area (Å²) in [6.07, 6.45) is 5.40. The normalized spacial score (nSPS) is 18.1. The summed E-state index contributed by atoms with van der Waals surface area (Å²) in [5.74, 6) is 1.04. The first-order valence-corrected chi connectivity index (χ1v) is 6.94. The van der Waals surface area contributed by atoms with Gasteiger partial charge in [-0.15, -0.1) is 0 Å². The van der Waals surface area contributed by atoms with Crippen molar-refractivity contribution in [3.05, 3.63) is 17.7 Å². The monoisotopic (exact) mass is 265 g/mol. The molecule has 1 aromatic rings. The summed E-state index contributed by atoms with van der Waals surface area (Å²) in [7, 11) is 1.52. The van der Waals surface area contributed by atoms with Gasteiger partial charge >= 0.3 is 0 Å². The van der Waals surface area contributed by atoms with E-state index in [0.29, 0.717) is 18.1 Å². The van der Waals surface area contributed by atoms with Crippen molar-refractivity contribution in [3.63, 3.8) is 0 Å². The molecule has 0 atom stereocenters. The summed E-state index contributed by atoms with van der Waals surface area (Å²) in [6, 6.07) is 3.63. The maximum Gasteiger partial charge on any atom is 0.203 e. The summed E-state index contributed by atoms with van der Waals surface area (Å²) in [5, 5.41) is 10.1. The molecule has 4 nitrogen and oxygen atoms in total. The first kappa shape index (κ1) is 14.0. The van der Waals surface area contributed by atoms with Gasteiger partial charge in [-0.3, -0.25) is 0 Å². The molecule has 1 fully saturated rings. The van der Waals surface area contributed by atoms with Gasteiger partial charge in [0.25, 0.3) is 0 Å². The summed E-state index contributed by atoms with van der Waals surface area (Å²) in [6.45, 7) is 2.43. The van der Waals surface area contributed by atoms with Crippen LogP contribution < -0.4 is 15.2 Å². The summed E-state index contributed by atoms with van der Waals surface area (Å²) in [4.78, 5) is 0. The van der Waals surface area contributed by atoms with Crippen LogP contribution in [0.5, 0.6) is 17.2 Å². The zero-order chi connectivity index (χ0) is 13.9. The van der Waals surface area contributed by atoms with Crippen molar-refractivity contribution in [2.24, 2.45) is 5.73 Å². The largest absolute Gasteiger partial charge is 0.504 e. The molecule has 0 heterocycles. The highest BCUT2D eigenvalue weighted by Crippen LogP contribution is 2.43. The molecule has 0 aliphatic heterocycles. The molecule has 2 rings (SSSR count). The summed E-state index contributed by atoms with van der Waals surface area (Å²) >= 11 is 0. The van der Waals surface area contributed by atoms with Gasteiger partial charge in [0.15, 0.2) is 11.5 Å². The minimum Gasteiger partial charge on any atom is -0.504 e. The van der Waals surface area contributed by atoms with Crippen LogP contribution in [0.25, 0.3) is 0 Å². The van der Waals surface area contributed by atoms with E-state index >= 15 is 0 Å². The van der Waals surface area contributed by atoms with Crippen molar-refractivity contribution in [1.29, 1.82) is 0 Å². The van der Waals surface area contributed by atoms with Crippen molar-refractivity contribution >= 4 is 0 Å². The van der Waals surface area contributed by atoms with Crippen LogP contribution in [-0.4, -0.2) is 18.8 Å². The van der Waals surface area contributed by atoms with Crippen molar-refractivity contribution < 1.29 is 14.6 Å². The third-order valence-corrected chi connectivity index (χ3v) is 3.86. The average molecular weight is 265 g/mol. The second kappa shape index (κ2) is 5.70. The van der Waals surface area contributed by atoms with E-state index in [9.17, 15) is 5.11 Å². The van der Waals surface area contributed by atoms with Crippen molar-refractivity contribution in [2.45, 2.75) is 44.6 Å². The standard InChI is InChI=1S/C15H23NO3/c1-3-19-13-10-11(9-12(17)14(13)18-2)15(16)7-5-4-6-8-15/h9-10,17H,3-8,16H2,1-2H3. The maximum absolute atomic E-state index is 10.1. The number of hydrogen-bond donors (Lipinski definition) is 2. The van der Waals surface area contributed by atoms with Crippen molar-refractivity contribution in [1.82, 2.24) is 0 Å². The van der Waals surface area contributed by atoms with Gasteiger partial charge in [0.1, 0.15) is 0 Å². The van der Waals surface area contributed by atoms with Gasteiger partial charge in [0.2, 0.25) is 5.75 Å². The van der Waals surface area contributed by atoms with Gasteiger partial charge in [0.05, 0.1) is 13.7 Å². The smallest absolute Gasteiger partial charge is 0.203 e. The van der Waals surface area contributed by atoms with Gasteiger partial charge in [0, 0.05) is 5.54 Å². The fourth-order valence-corrected chi connectivity index (χ4v) is 2.81. The molecule has 4 heteroatoms. The zero-order valence-electron chi connectivity index (χ0n) is 11.7. The predicted octanol–water partition coefficient (Wildman–Crippen LogP) is 2.92. The lowest BCUT2D eigenvalue weighted by Gasteiger charge is -2.34. The van der Waals surface area contributed by atoms with Gasteiger partial charge in [-0.1, -0.05) is 19.3 Å². The lowest BCUT2D eigenvalue weighted by atomic mass is 9.77. The number of benzene rings is 1.